The topological polar surface area (TPSA) is 86.1 Å². The largest absolute Gasteiger partial charge is 0.450 e. The van der Waals surface area contributed by atoms with Crippen molar-refractivity contribution in [1.29, 1.82) is 0 Å². The molecular weight excluding hydrogens is 368 g/mol. The van der Waals surface area contributed by atoms with Crippen LogP contribution in [0.3, 0.4) is 0 Å². The third-order valence-corrected chi connectivity index (χ3v) is 4.29. The van der Waals surface area contributed by atoms with Gasteiger partial charge in [0.1, 0.15) is 0 Å². The second-order valence-corrected chi connectivity index (χ2v) is 6.71. The molecule has 7 heteroatoms. The molecule has 29 heavy (non-hydrogen) atoms. The van der Waals surface area contributed by atoms with Gasteiger partial charge in [0.2, 0.25) is 0 Å². The number of amides is 1. The monoisotopic (exact) mass is 392 g/mol. The van der Waals surface area contributed by atoms with E-state index in [1.165, 1.54) is 0 Å². The average molecular weight is 392 g/mol. The molecule has 3 aromatic rings. The summed E-state index contributed by atoms with van der Waals surface area (Å²) >= 11 is 0. The van der Waals surface area contributed by atoms with Gasteiger partial charge in [-0.3, -0.25) is 4.79 Å². The van der Waals surface area contributed by atoms with Crippen LogP contribution in [0.5, 0.6) is 0 Å². The molecule has 0 unspecified atom stereocenters. The molecule has 0 fully saturated rings. The molecule has 1 heterocycles. The van der Waals surface area contributed by atoms with E-state index in [2.05, 4.69) is 15.4 Å². The Morgan fingerprint density at radius 3 is 2.38 bits per heavy atom. The molecule has 0 bridgehead atoms. The van der Waals surface area contributed by atoms with E-state index >= 15 is 0 Å². The van der Waals surface area contributed by atoms with Gasteiger partial charge in [-0.2, -0.15) is 0 Å². The van der Waals surface area contributed by atoms with Crippen LogP contribution in [0.4, 0.5) is 0 Å². The SMILES string of the molecule is CCC[C@H](C)NC(=O)COC(=O)c1nc(-c2ccccc2)n(-c2ccccc2)n1. The summed E-state index contributed by atoms with van der Waals surface area (Å²) in [4.78, 5) is 28.8. The second kappa shape index (κ2) is 9.64. The molecule has 150 valence electrons. The van der Waals surface area contributed by atoms with Gasteiger partial charge in [0.25, 0.3) is 11.7 Å². The molecule has 0 saturated carbocycles. The summed E-state index contributed by atoms with van der Waals surface area (Å²) in [5.74, 6) is -0.660. The lowest BCUT2D eigenvalue weighted by Gasteiger charge is -2.12. The van der Waals surface area contributed by atoms with E-state index in [0.717, 1.165) is 24.1 Å². The number of aromatic nitrogens is 3. The van der Waals surface area contributed by atoms with Crippen LogP contribution < -0.4 is 5.32 Å². The van der Waals surface area contributed by atoms with Gasteiger partial charge in [-0.15, -0.1) is 5.10 Å². The molecule has 1 amide bonds. The van der Waals surface area contributed by atoms with Crippen LogP contribution in [-0.2, 0) is 9.53 Å². The van der Waals surface area contributed by atoms with Crippen LogP contribution in [0.15, 0.2) is 60.7 Å². The Morgan fingerprint density at radius 1 is 1.07 bits per heavy atom. The zero-order valence-electron chi connectivity index (χ0n) is 16.5. The first kappa shape index (κ1) is 20.3. The first-order chi connectivity index (χ1) is 14.1. The maximum absolute atomic E-state index is 12.4. The standard InChI is InChI=1S/C22H24N4O3/c1-3-10-16(2)23-19(27)15-29-22(28)20-24-21(17-11-6-4-7-12-17)26(25-20)18-13-8-5-9-14-18/h4-9,11-14,16H,3,10,15H2,1-2H3,(H,23,27)/t16-/m0/s1. The van der Waals surface area contributed by atoms with E-state index in [0.29, 0.717) is 5.82 Å². The summed E-state index contributed by atoms with van der Waals surface area (Å²) in [6.45, 7) is 3.59. The maximum Gasteiger partial charge on any atom is 0.378 e. The van der Waals surface area contributed by atoms with Gasteiger partial charge in [-0.05, 0) is 25.5 Å². The zero-order chi connectivity index (χ0) is 20.6. The Kier molecular flexibility index (Phi) is 6.73. The number of hydrogen-bond donors (Lipinski definition) is 1. The highest BCUT2D eigenvalue weighted by molar-refractivity contribution is 5.88. The van der Waals surface area contributed by atoms with Crippen molar-refractivity contribution < 1.29 is 14.3 Å². The molecule has 7 nitrogen and oxygen atoms in total. The lowest BCUT2D eigenvalue weighted by Crippen LogP contribution is -2.35. The van der Waals surface area contributed by atoms with Crippen LogP contribution in [0, 0.1) is 0 Å². The summed E-state index contributed by atoms with van der Waals surface area (Å²) in [6.07, 6.45) is 1.83. The van der Waals surface area contributed by atoms with Gasteiger partial charge in [-0.25, -0.2) is 14.5 Å². The third kappa shape index (κ3) is 5.28. The zero-order valence-corrected chi connectivity index (χ0v) is 16.5. The first-order valence-electron chi connectivity index (χ1n) is 9.63. The van der Waals surface area contributed by atoms with E-state index in [-0.39, 0.29) is 24.4 Å². The lowest BCUT2D eigenvalue weighted by molar-refractivity contribution is -0.124. The number of nitrogens with one attached hydrogen (secondary N) is 1. The number of para-hydroxylation sites is 1. The van der Waals surface area contributed by atoms with Crippen molar-refractivity contribution in [2.24, 2.45) is 0 Å². The van der Waals surface area contributed by atoms with Crippen LogP contribution in [-0.4, -0.2) is 39.3 Å². The highest BCUT2D eigenvalue weighted by Crippen LogP contribution is 2.21. The van der Waals surface area contributed by atoms with Gasteiger partial charge in [0.05, 0.1) is 5.69 Å². The Labute approximate surface area is 169 Å². The Balaban J connectivity index is 1.78. The summed E-state index contributed by atoms with van der Waals surface area (Å²) in [5.41, 5.74) is 1.58. The van der Waals surface area contributed by atoms with Crippen LogP contribution in [0.25, 0.3) is 17.1 Å². The van der Waals surface area contributed by atoms with Crippen molar-refractivity contribution in [3.05, 3.63) is 66.5 Å². The van der Waals surface area contributed by atoms with Gasteiger partial charge in [0, 0.05) is 11.6 Å². The number of ether oxygens (including phenoxy) is 1. The number of carbonyl (C=O) groups excluding carboxylic acids is 2. The molecule has 0 aliphatic rings. The van der Waals surface area contributed by atoms with E-state index in [4.69, 9.17) is 4.74 Å². The predicted octanol–water partition coefficient (Wildman–Crippen LogP) is 3.40. The highest BCUT2D eigenvalue weighted by atomic mass is 16.5. The van der Waals surface area contributed by atoms with E-state index in [9.17, 15) is 9.59 Å². The fourth-order valence-electron chi connectivity index (χ4n) is 2.94. The average Bonchev–Trinajstić information content (AvgIpc) is 3.19. The normalized spacial score (nSPS) is 11.7. The summed E-state index contributed by atoms with van der Waals surface area (Å²) in [7, 11) is 0. The lowest BCUT2D eigenvalue weighted by atomic mass is 10.2. The van der Waals surface area contributed by atoms with Crippen molar-refractivity contribution >= 4 is 11.9 Å². The van der Waals surface area contributed by atoms with Crippen molar-refractivity contribution in [3.8, 4) is 17.1 Å². The van der Waals surface area contributed by atoms with Crippen molar-refractivity contribution in [1.82, 2.24) is 20.1 Å². The molecule has 2 aromatic carbocycles. The molecule has 3 rings (SSSR count). The van der Waals surface area contributed by atoms with E-state index < -0.39 is 5.97 Å². The smallest absolute Gasteiger partial charge is 0.378 e. The van der Waals surface area contributed by atoms with Crippen molar-refractivity contribution in [2.45, 2.75) is 32.7 Å². The minimum atomic E-state index is -0.741. The molecule has 1 N–H and O–H groups in total. The third-order valence-electron chi connectivity index (χ3n) is 4.29. The number of nitrogens with zero attached hydrogens (tertiary/aromatic N) is 3. The van der Waals surface area contributed by atoms with Gasteiger partial charge < -0.3 is 10.1 Å². The minimum Gasteiger partial charge on any atom is -0.450 e. The predicted molar refractivity (Wildman–Crippen MR) is 110 cm³/mol. The second-order valence-electron chi connectivity index (χ2n) is 6.71. The molecule has 0 aliphatic heterocycles. The summed E-state index contributed by atoms with van der Waals surface area (Å²) < 4.78 is 6.71. The van der Waals surface area contributed by atoms with Crippen molar-refractivity contribution in [3.63, 3.8) is 0 Å². The first-order valence-corrected chi connectivity index (χ1v) is 9.63. The van der Waals surface area contributed by atoms with Gasteiger partial charge in [-0.1, -0.05) is 61.9 Å². The van der Waals surface area contributed by atoms with Crippen LogP contribution >= 0.6 is 0 Å². The molecule has 0 radical (unpaired) electrons. The number of hydrogen-bond acceptors (Lipinski definition) is 5. The molecular formula is C22H24N4O3. The fraction of sp³-hybridized carbons (Fsp3) is 0.273. The quantitative estimate of drug-likeness (QED) is 0.594. The van der Waals surface area contributed by atoms with E-state index in [1.807, 2.05) is 74.5 Å². The fourth-order valence-corrected chi connectivity index (χ4v) is 2.94. The van der Waals surface area contributed by atoms with E-state index in [1.54, 1.807) is 4.68 Å². The van der Waals surface area contributed by atoms with Crippen molar-refractivity contribution in [2.75, 3.05) is 6.61 Å². The summed E-state index contributed by atoms with van der Waals surface area (Å²) in [5, 5.41) is 7.12. The van der Waals surface area contributed by atoms with Crippen LogP contribution in [0.1, 0.15) is 37.3 Å². The maximum atomic E-state index is 12.4. The Hall–Kier alpha value is -3.48. The Morgan fingerprint density at radius 2 is 1.72 bits per heavy atom. The highest BCUT2D eigenvalue weighted by Gasteiger charge is 2.21. The van der Waals surface area contributed by atoms with Gasteiger partial charge >= 0.3 is 5.97 Å². The van der Waals surface area contributed by atoms with Gasteiger partial charge in [0.15, 0.2) is 12.4 Å². The molecule has 1 atom stereocenters. The number of carbonyl (C=O) groups is 2. The number of rotatable bonds is 8. The minimum absolute atomic E-state index is 0.0336. The summed E-state index contributed by atoms with van der Waals surface area (Å²) in [6, 6.07) is 18.9. The number of esters is 1. The molecule has 0 spiro atoms. The molecule has 0 aliphatic carbocycles. The van der Waals surface area contributed by atoms with Crippen LogP contribution in [0.2, 0.25) is 0 Å². The molecule has 0 saturated heterocycles. The number of benzene rings is 2. The molecule has 1 aromatic heterocycles. The Bertz CT molecular complexity index is 898.